The standard InChI is InChI=1S/C14H19FN2O3/c1-3-5-11(9-13(18)19)16-14(20)17(2)12-7-4-6-10(15)8-12/h4,6-8,11H,3,5,9H2,1-2H3,(H,16,20)(H,18,19). The molecule has 1 rings (SSSR count). The summed E-state index contributed by atoms with van der Waals surface area (Å²) in [5.41, 5.74) is 0.410. The number of aliphatic carboxylic acids is 1. The van der Waals surface area contributed by atoms with E-state index >= 15 is 0 Å². The number of anilines is 1. The summed E-state index contributed by atoms with van der Waals surface area (Å²) in [6.07, 6.45) is 1.22. The van der Waals surface area contributed by atoms with Gasteiger partial charge in [-0.15, -0.1) is 0 Å². The number of hydrogen-bond acceptors (Lipinski definition) is 2. The summed E-state index contributed by atoms with van der Waals surface area (Å²) >= 11 is 0. The zero-order chi connectivity index (χ0) is 15.1. The van der Waals surface area contributed by atoms with Crippen molar-refractivity contribution in [1.29, 1.82) is 0 Å². The highest BCUT2D eigenvalue weighted by molar-refractivity contribution is 5.91. The van der Waals surface area contributed by atoms with Crippen molar-refractivity contribution in [1.82, 2.24) is 5.32 Å². The third-order valence-corrected chi connectivity index (χ3v) is 2.89. The second-order valence-corrected chi connectivity index (χ2v) is 4.57. The van der Waals surface area contributed by atoms with Crippen LogP contribution in [0.2, 0.25) is 0 Å². The third-order valence-electron chi connectivity index (χ3n) is 2.89. The minimum absolute atomic E-state index is 0.128. The molecule has 6 heteroatoms. The van der Waals surface area contributed by atoms with Gasteiger partial charge in [0, 0.05) is 18.8 Å². The first-order valence-electron chi connectivity index (χ1n) is 6.45. The number of halogens is 1. The van der Waals surface area contributed by atoms with Crippen molar-refractivity contribution in [2.75, 3.05) is 11.9 Å². The first-order chi connectivity index (χ1) is 9.43. The highest BCUT2D eigenvalue weighted by Crippen LogP contribution is 2.14. The number of amides is 2. The van der Waals surface area contributed by atoms with Crippen LogP contribution in [-0.4, -0.2) is 30.2 Å². The summed E-state index contributed by atoms with van der Waals surface area (Å²) in [4.78, 5) is 24.0. The molecule has 0 heterocycles. The van der Waals surface area contributed by atoms with E-state index in [1.807, 2.05) is 6.92 Å². The Kier molecular flexibility index (Phi) is 5.96. The van der Waals surface area contributed by atoms with Crippen molar-refractivity contribution in [2.24, 2.45) is 0 Å². The molecule has 0 bridgehead atoms. The molecule has 5 nitrogen and oxygen atoms in total. The van der Waals surface area contributed by atoms with Gasteiger partial charge in [-0.05, 0) is 24.6 Å². The minimum atomic E-state index is -0.961. The molecule has 0 saturated heterocycles. The maximum atomic E-state index is 13.1. The van der Waals surface area contributed by atoms with Crippen molar-refractivity contribution < 1.29 is 19.1 Å². The van der Waals surface area contributed by atoms with E-state index in [1.54, 1.807) is 6.07 Å². The van der Waals surface area contributed by atoms with Crippen LogP contribution in [-0.2, 0) is 4.79 Å². The first kappa shape index (κ1) is 15.9. The predicted molar refractivity (Wildman–Crippen MR) is 74.3 cm³/mol. The zero-order valence-electron chi connectivity index (χ0n) is 11.6. The van der Waals surface area contributed by atoms with Gasteiger partial charge in [0.15, 0.2) is 0 Å². The number of carboxylic acid groups (broad SMARTS) is 1. The van der Waals surface area contributed by atoms with Crippen molar-refractivity contribution in [3.05, 3.63) is 30.1 Å². The number of carbonyl (C=O) groups is 2. The summed E-state index contributed by atoms with van der Waals surface area (Å²) < 4.78 is 13.1. The fourth-order valence-corrected chi connectivity index (χ4v) is 1.86. The van der Waals surface area contributed by atoms with Gasteiger partial charge in [-0.2, -0.15) is 0 Å². The summed E-state index contributed by atoms with van der Waals surface area (Å²) in [6, 6.07) is 4.77. The molecule has 1 atom stereocenters. The fourth-order valence-electron chi connectivity index (χ4n) is 1.86. The number of hydrogen-bond donors (Lipinski definition) is 2. The van der Waals surface area contributed by atoms with Crippen LogP contribution in [0.4, 0.5) is 14.9 Å². The Morgan fingerprint density at radius 1 is 1.45 bits per heavy atom. The summed E-state index contributed by atoms with van der Waals surface area (Å²) in [7, 11) is 1.51. The number of nitrogens with one attached hydrogen (secondary N) is 1. The zero-order valence-corrected chi connectivity index (χ0v) is 11.6. The van der Waals surface area contributed by atoms with E-state index in [9.17, 15) is 14.0 Å². The lowest BCUT2D eigenvalue weighted by molar-refractivity contribution is -0.137. The van der Waals surface area contributed by atoms with Crippen molar-refractivity contribution in [3.63, 3.8) is 0 Å². The van der Waals surface area contributed by atoms with Gasteiger partial charge in [-0.25, -0.2) is 9.18 Å². The Labute approximate surface area is 117 Å². The van der Waals surface area contributed by atoms with Gasteiger partial charge in [0.2, 0.25) is 0 Å². The molecule has 0 aliphatic rings. The molecule has 20 heavy (non-hydrogen) atoms. The average Bonchev–Trinajstić information content (AvgIpc) is 2.37. The molecule has 2 amide bonds. The summed E-state index contributed by atoms with van der Waals surface area (Å²) in [5, 5.41) is 11.5. The second kappa shape index (κ2) is 7.47. The lowest BCUT2D eigenvalue weighted by Gasteiger charge is -2.22. The van der Waals surface area contributed by atoms with E-state index in [0.717, 1.165) is 6.42 Å². The van der Waals surface area contributed by atoms with Crippen molar-refractivity contribution >= 4 is 17.7 Å². The van der Waals surface area contributed by atoms with Crippen LogP contribution >= 0.6 is 0 Å². The number of carboxylic acids is 1. The SMILES string of the molecule is CCCC(CC(=O)O)NC(=O)N(C)c1cccc(F)c1. The van der Waals surface area contributed by atoms with E-state index in [1.165, 1.54) is 30.1 Å². The van der Waals surface area contributed by atoms with Gasteiger partial charge in [-0.3, -0.25) is 9.69 Å². The van der Waals surface area contributed by atoms with Gasteiger partial charge in [0.25, 0.3) is 0 Å². The van der Waals surface area contributed by atoms with Crippen LogP contribution in [0.3, 0.4) is 0 Å². The quantitative estimate of drug-likeness (QED) is 0.842. The number of nitrogens with zero attached hydrogens (tertiary/aromatic N) is 1. The topological polar surface area (TPSA) is 69.6 Å². The second-order valence-electron chi connectivity index (χ2n) is 4.57. The molecular weight excluding hydrogens is 263 g/mol. The molecule has 0 aromatic heterocycles. The van der Waals surface area contributed by atoms with Crippen molar-refractivity contribution in [3.8, 4) is 0 Å². The molecule has 0 radical (unpaired) electrons. The molecule has 0 spiro atoms. The van der Waals surface area contributed by atoms with E-state index < -0.39 is 23.9 Å². The molecule has 2 N–H and O–H groups in total. The minimum Gasteiger partial charge on any atom is -0.481 e. The Hall–Kier alpha value is -2.11. The molecule has 1 aromatic rings. The smallest absolute Gasteiger partial charge is 0.321 e. The Balaban J connectivity index is 2.70. The van der Waals surface area contributed by atoms with Gasteiger partial charge < -0.3 is 10.4 Å². The molecule has 0 aliphatic carbocycles. The molecule has 110 valence electrons. The fraction of sp³-hybridized carbons (Fsp3) is 0.429. The first-order valence-corrected chi connectivity index (χ1v) is 6.45. The van der Waals surface area contributed by atoms with E-state index in [2.05, 4.69) is 5.32 Å². The maximum absolute atomic E-state index is 13.1. The predicted octanol–water partition coefficient (Wildman–Crippen LogP) is 2.61. The van der Waals surface area contributed by atoms with Crippen LogP contribution in [0.1, 0.15) is 26.2 Å². The van der Waals surface area contributed by atoms with Crippen LogP contribution in [0.15, 0.2) is 24.3 Å². The van der Waals surface area contributed by atoms with Crippen LogP contribution in [0, 0.1) is 5.82 Å². The lowest BCUT2D eigenvalue weighted by Crippen LogP contribution is -2.44. The Morgan fingerprint density at radius 3 is 2.70 bits per heavy atom. The van der Waals surface area contributed by atoms with Gasteiger partial charge in [0.1, 0.15) is 5.82 Å². The van der Waals surface area contributed by atoms with E-state index in [4.69, 9.17) is 5.11 Å². The third kappa shape index (κ3) is 4.87. The largest absolute Gasteiger partial charge is 0.481 e. The molecule has 0 fully saturated rings. The number of carbonyl (C=O) groups excluding carboxylic acids is 1. The van der Waals surface area contributed by atoms with Crippen LogP contribution in [0.25, 0.3) is 0 Å². The van der Waals surface area contributed by atoms with Crippen LogP contribution in [0.5, 0.6) is 0 Å². The Morgan fingerprint density at radius 2 is 2.15 bits per heavy atom. The monoisotopic (exact) mass is 282 g/mol. The molecule has 0 aliphatic heterocycles. The van der Waals surface area contributed by atoms with Crippen LogP contribution < -0.4 is 10.2 Å². The lowest BCUT2D eigenvalue weighted by atomic mass is 10.1. The molecule has 1 unspecified atom stereocenters. The maximum Gasteiger partial charge on any atom is 0.321 e. The summed E-state index contributed by atoms with van der Waals surface area (Å²) in [5.74, 6) is -1.39. The molecular formula is C14H19FN2O3. The number of urea groups is 1. The summed E-state index contributed by atoms with van der Waals surface area (Å²) in [6.45, 7) is 1.91. The number of benzene rings is 1. The highest BCUT2D eigenvalue weighted by Gasteiger charge is 2.18. The number of rotatable bonds is 6. The molecule has 0 saturated carbocycles. The van der Waals surface area contributed by atoms with Gasteiger partial charge in [-0.1, -0.05) is 19.4 Å². The average molecular weight is 282 g/mol. The van der Waals surface area contributed by atoms with Gasteiger partial charge >= 0.3 is 12.0 Å². The highest BCUT2D eigenvalue weighted by atomic mass is 19.1. The molecule has 1 aromatic carbocycles. The van der Waals surface area contributed by atoms with Gasteiger partial charge in [0.05, 0.1) is 6.42 Å². The normalized spacial score (nSPS) is 11.8. The van der Waals surface area contributed by atoms with E-state index in [0.29, 0.717) is 12.1 Å². The Bertz CT molecular complexity index is 479. The van der Waals surface area contributed by atoms with Crippen molar-refractivity contribution in [2.45, 2.75) is 32.2 Å². The van der Waals surface area contributed by atoms with E-state index in [-0.39, 0.29) is 6.42 Å².